The van der Waals surface area contributed by atoms with Crippen LogP contribution in [0.15, 0.2) is 0 Å². The number of amides is 2. The molecule has 1 saturated carbocycles. The van der Waals surface area contributed by atoms with Crippen LogP contribution in [0.25, 0.3) is 0 Å². The lowest BCUT2D eigenvalue weighted by atomic mass is 9.85. The van der Waals surface area contributed by atoms with E-state index < -0.39 is 35.6 Å². The third kappa shape index (κ3) is 3.64. The minimum Gasteiger partial charge on any atom is -0.481 e. The summed E-state index contributed by atoms with van der Waals surface area (Å²) in [5.41, 5.74) is -0.974. The van der Waals surface area contributed by atoms with Crippen LogP contribution in [0, 0.1) is 11.3 Å². The number of alkyl halides is 3. The van der Waals surface area contributed by atoms with Crippen molar-refractivity contribution in [1.29, 1.82) is 0 Å². The van der Waals surface area contributed by atoms with Crippen molar-refractivity contribution >= 4 is 12.0 Å². The molecule has 126 valence electrons. The Morgan fingerprint density at radius 3 is 2.55 bits per heavy atom. The monoisotopic (exact) mass is 322 g/mol. The molecule has 8 heteroatoms. The van der Waals surface area contributed by atoms with E-state index in [1.165, 1.54) is 4.90 Å². The van der Waals surface area contributed by atoms with E-state index in [9.17, 15) is 22.8 Å². The van der Waals surface area contributed by atoms with Crippen LogP contribution < -0.4 is 5.32 Å². The molecule has 0 bridgehead atoms. The summed E-state index contributed by atoms with van der Waals surface area (Å²) in [7, 11) is 0. The van der Waals surface area contributed by atoms with Gasteiger partial charge < -0.3 is 15.3 Å². The SMILES string of the molecule is CC1(C(=O)O)CCN(C(=O)NC2CCCC(C(F)(F)F)C2)C1. The molecule has 5 nitrogen and oxygen atoms in total. The highest BCUT2D eigenvalue weighted by Gasteiger charge is 2.44. The molecular weight excluding hydrogens is 301 g/mol. The third-order valence-corrected chi connectivity index (χ3v) is 4.74. The fourth-order valence-electron chi connectivity index (χ4n) is 3.19. The van der Waals surface area contributed by atoms with Gasteiger partial charge in [-0.25, -0.2) is 4.79 Å². The van der Waals surface area contributed by atoms with Gasteiger partial charge in [-0.3, -0.25) is 4.79 Å². The summed E-state index contributed by atoms with van der Waals surface area (Å²) in [5, 5.41) is 11.8. The van der Waals surface area contributed by atoms with Gasteiger partial charge in [-0.15, -0.1) is 0 Å². The van der Waals surface area contributed by atoms with E-state index in [-0.39, 0.29) is 19.4 Å². The zero-order chi connectivity index (χ0) is 16.5. The Morgan fingerprint density at radius 1 is 1.32 bits per heavy atom. The van der Waals surface area contributed by atoms with Gasteiger partial charge >= 0.3 is 18.2 Å². The molecule has 0 aromatic carbocycles. The van der Waals surface area contributed by atoms with Gasteiger partial charge in [0.1, 0.15) is 0 Å². The standard InChI is InChI=1S/C14H21F3N2O3/c1-13(11(20)21)5-6-19(8-13)12(22)18-10-4-2-3-9(7-10)14(15,16)17/h9-10H,2-8H2,1H3,(H,18,22)(H,20,21). The summed E-state index contributed by atoms with van der Waals surface area (Å²) in [4.78, 5) is 24.7. The van der Waals surface area contributed by atoms with E-state index in [0.29, 0.717) is 25.8 Å². The van der Waals surface area contributed by atoms with Gasteiger partial charge in [-0.1, -0.05) is 6.42 Å². The second-order valence-corrected chi connectivity index (χ2v) is 6.59. The first-order valence-electron chi connectivity index (χ1n) is 7.47. The first-order valence-corrected chi connectivity index (χ1v) is 7.47. The number of likely N-dealkylation sites (tertiary alicyclic amines) is 1. The summed E-state index contributed by atoms with van der Waals surface area (Å²) < 4.78 is 38.3. The average Bonchev–Trinajstić information content (AvgIpc) is 2.82. The highest BCUT2D eigenvalue weighted by molar-refractivity contribution is 5.79. The van der Waals surface area contributed by atoms with Gasteiger partial charge in [0, 0.05) is 19.1 Å². The second-order valence-electron chi connectivity index (χ2n) is 6.59. The van der Waals surface area contributed by atoms with Crippen molar-refractivity contribution in [1.82, 2.24) is 10.2 Å². The van der Waals surface area contributed by atoms with Crippen LogP contribution in [-0.2, 0) is 4.79 Å². The smallest absolute Gasteiger partial charge is 0.391 e. The lowest BCUT2D eigenvalue weighted by Gasteiger charge is -2.32. The summed E-state index contributed by atoms with van der Waals surface area (Å²) in [6.07, 6.45) is -2.90. The molecule has 2 rings (SSSR count). The van der Waals surface area contributed by atoms with Crippen LogP contribution in [0.3, 0.4) is 0 Å². The number of carboxylic acid groups (broad SMARTS) is 1. The van der Waals surface area contributed by atoms with Gasteiger partial charge in [0.15, 0.2) is 0 Å². The van der Waals surface area contributed by atoms with E-state index in [0.717, 1.165) is 0 Å². The van der Waals surface area contributed by atoms with E-state index in [1.807, 2.05) is 0 Å². The van der Waals surface area contributed by atoms with Gasteiger partial charge in [0.25, 0.3) is 0 Å². The number of carbonyl (C=O) groups is 2. The zero-order valence-electron chi connectivity index (χ0n) is 12.4. The Kier molecular flexibility index (Phi) is 4.58. The molecule has 2 amide bonds. The maximum Gasteiger partial charge on any atom is 0.391 e. The number of carboxylic acids is 1. The van der Waals surface area contributed by atoms with Crippen molar-refractivity contribution in [2.75, 3.05) is 13.1 Å². The predicted octanol–water partition coefficient (Wildman–Crippen LogP) is 2.61. The summed E-state index contributed by atoms with van der Waals surface area (Å²) in [6.45, 7) is 1.97. The van der Waals surface area contributed by atoms with Crippen LogP contribution in [0.2, 0.25) is 0 Å². The minimum absolute atomic E-state index is 0.0869. The largest absolute Gasteiger partial charge is 0.481 e. The predicted molar refractivity (Wildman–Crippen MR) is 72.3 cm³/mol. The van der Waals surface area contributed by atoms with Crippen LogP contribution in [0.1, 0.15) is 39.0 Å². The van der Waals surface area contributed by atoms with Crippen molar-refractivity contribution in [3.63, 3.8) is 0 Å². The number of nitrogens with one attached hydrogen (secondary N) is 1. The van der Waals surface area contributed by atoms with Crippen LogP contribution in [0.5, 0.6) is 0 Å². The number of urea groups is 1. The Hall–Kier alpha value is -1.47. The lowest BCUT2D eigenvalue weighted by molar-refractivity contribution is -0.183. The summed E-state index contributed by atoms with van der Waals surface area (Å²) >= 11 is 0. The number of halogens is 3. The molecule has 0 aromatic rings. The van der Waals surface area contributed by atoms with E-state index >= 15 is 0 Å². The molecule has 22 heavy (non-hydrogen) atoms. The lowest BCUT2D eigenvalue weighted by Crippen LogP contribution is -2.47. The van der Waals surface area contributed by atoms with E-state index in [1.54, 1.807) is 6.92 Å². The maximum absolute atomic E-state index is 12.8. The van der Waals surface area contributed by atoms with E-state index in [4.69, 9.17) is 5.11 Å². The number of nitrogens with zero attached hydrogens (tertiary/aromatic N) is 1. The van der Waals surface area contributed by atoms with E-state index in [2.05, 4.69) is 5.32 Å². The van der Waals surface area contributed by atoms with Crippen molar-refractivity contribution in [2.45, 2.75) is 51.2 Å². The van der Waals surface area contributed by atoms with Gasteiger partial charge in [0.05, 0.1) is 11.3 Å². The normalized spacial score (nSPS) is 32.8. The molecule has 2 aliphatic rings. The van der Waals surface area contributed by atoms with Crippen LogP contribution in [-0.4, -0.2) is 47.3 Å². The first kappa shape index (κ1) is 16.9. The van der Waals surface area contributed by atoms with Crippen LogP contribution in [0.4, 0.5) is 18.0 Å². The highest BCUT2D eigenvalue weighted by Crippen LogP contribution is 2.37. The molecule has 1 saturated heterocycles. The molecule has 3 atom stereocenters. The Bertz CT molecular complexity index is 455. The molecule has 0 spiro atoms. The highest BCUT2D eigenvalue weighted by atomic mass is 19.4. The molecule has 1 aliphatic carbocycles. The molecule has 3 unspecified atom stereocenters. The minimum atomic E-state index is -4.22. The Labute approximate surface area is 126 Å². The van der Waals surface area contributed by atoms with Crippen molar-refractivity contribution in [2.24, 2.45) is 11.3 Å². The second kappa shape index (κ2) is 5.96. The number of aliphatic carboxylic acids is 1. The fourth-order valence-corrected chi connectivity index (χ4v) is 3.19. The average molecular weight is 322 g/mol. The molecule has 0 radical (unpaired) electrons. The maximum atomic E-state index is 12.8. The number of hydrogen-bond acceptors (Lipinski definition) is 2. The molecule has 1 aliphatic heterocycles. The summed E-state index contributed by atoms with van der Waals surface area (Å²) in [6, 6.07) is -0.956. The molecular formula is C14H21F3N2O3. The molecule has 1 heterocycles. The topological polar surface area (TPSA) is 69.6 Å². The van der Waals surface area contributed by atoms with Gasteiger partial charge in [-0.05, 0) is 32.6 Å². The molecule has 2 fully saturated rings. The quantitative estimate of drug-likeness (QED) is 0.821. The Morgan fingerprint density at radius 2 is 2.00 bits per heavy atom. The van der Waals surface area contributed by atoms with Crippen molar-refractivity contribution in [3.8, 4) is 0 Å². The Balaban J connectivity index is 1.89. The van der Waals surface area contributed by atoms with Gasteiger partial charge in [-0.2, -0.15) is 13.2 Å². The van der Waals surface area contributed by atoms with Gasteiger partial charge in [0.2, 0.25) is 0 Å². The van der Waals surface area contributed by atoms with Crippen molar-refractivity contribution in [3.05, 3.63) is 0 Å². The van der Waals surface area contributed by atoms with Crippen LogP contribution >= 0.6 is 0 Å². The number of hydrogen-bond donors (Lipinski definition) is 2. The zero-order valence-corrected chi connectivity index (χ0v) is 12.4. The fraction of sp³-hybridized carbons (Fsp3) is 0.857. The van der Waals surface area contributed by atoms with Crippen molar-refractivity contribution < 1.29 is 27.9 Å². The molecule has 0 aromatic heterocycles. The number of carbonyl (C=O) groups excluding carboxylic acids is 1. The summed E-state index contributed by atoms with van der Waals surface area (Å²) in [5.74, 6) is -2.33. The first-order chi connectivity index (χ1) is 10.1. The third-order valence-electron chi connectivity index (χ3n) is 4.74. The number of rotatable bonds is 2. The molecule has 2 N–H and O–H groups in total.